The highest BCUT2D eigenvalue weighted by molar-refractivity contribution is 5.93. The number of hydrogen-bond acceptors (Lipinski definition) is 3. The Morgan fingerprint density at radius 1 is 1.29 bits per heavy atom. The smallest absolute Gasteiger partial charge is 0.308 e. The molecule has 0 aromatic heterocycles. The third kappa shape index (κ3) is 2.46. The van der Waals surface area contributed by atoms with Crippen LogP contribution in [0.5, 0.6) is 5.75 Å². The van der Waals surface area contributed by atoms with Crippen LogP contribution in [0.25, 0.3) is 0 Å². The quantitative estimate of drug-likeness (QED) is 0.550. The average molecular weight is 233 g/mol. The molecule has 17 heavy (non-hydrogen) atoms. The second-order valence-corrected chi connectivity index (χ2v) is 4.16. The summed E-state index contributed by atoms with van der Waals surface area (Å²) in [6.45, 7) is 3.64. The lowest BCUT2D eigenvalue weighted by atomic mass is 10.0. The molecule has 0 unspecified atom stereocenters. The van der Waals surface area contributed by atoms with Crippen LogP contribution < -0.4 is 9.64 Å². The fourth-order valence-corrected chi connectivity index (χ4v) is 2.11. The van der Waals surface area contributed by atoms with E-state index < -0.39 is 0 Å². The molecule has 4 nitrogen and oxygen atoms in total. The molecule has 0 aliphatic carbocycles. The lowest BCUT2D eigenvalue weighted by Gasteiger charge is -2.28. The van der Waals surface area contributed by atoms with Crippen molar-refractivity contribution in [2.24, 2.45) is 0 Å². The number of fused-ring (bicyclic) bond motifs is 1. The summed E-state index contributed by atoms with van der Waals surface area (Å²) in [5.74, 6) is 0.158. The van der Waals surface area contributed by atoms with Crippen molar-refractivity contribution < 1.29 is 14.3 Å². The zero-order valence-corrected chi connectivity index (χ0v) is 10.0. The van der Waals surface area contributed by atoms with Crippen molar-refractivity contribution in [1.82, 2.24) is 0 Å². The molecule has 4 heteroatoms. The standard InChI is InChI=1S/C13H15NO3/c1-9(15)14-7-3-4-11-5-6-12(8-13(11)14)17-10(2)16/h5-6,8H,3-4,7H2,1-2H3. The molecule has 0 atom stereocenters. The Morgan fingerprint density at radius 3 is 2.71 bits per heavy atom. The van der Waals surface area contributed by atoms with E-state index >= 15 is 0 Å². The van der Waals surface area contributed by atoms with Gasteiger partial charge in [0, 0.05) is 26.5 Å². The molecule has 0 saturated heterocycles. The van der Waals surface area contributed by atoms with E-state index in [-0.39, 0.29) is 11.9 Å². The van der Waals surface area contributed by atoms with E-state index in [9.17, 15) is 9.59 Å². The van der Waals surface area contributed by atoms with E-state index in [4.69, 9.17) is 4.74 Å². The lowest BCUT2D eigenvalue weighted by molar-refractivity contribution is -0.131. The van der Waals surface area contributed by atoms with Gasteiger partial charge in [-0.05, 0) is 24.5 Å². The summed E-state index contributed by atoms with van der Waals surface area (Å²) < 4.78 is 5.03. The van der Waals surface area contributed by atoms with Crippen molar-refractivity contribution in [3.05, 3.63) is 23.8 Å². The second kappa shape index (κ2) is 4.57. The topological polar surface area (TPSA) is 46.6 Å². The fourth-order valence-electron chi connectivity index (χ4n) is 2.11. The number of ether oxygens (including phenoxy) is 1. The Kier molecular flexibility index (Phi) is 3.13. The van der Waals surface area contributed by atoms with Crippen LogP contribution in [0.4, 0.5) is 5.69 Å². The summed E-state index contributed by atoms with van der Waals surface area (Å²) in [5.41, 5.74) is 1.99. The molecular formula is C13H15NO3. The largest absolute Gasteiger partial charge is 0.427 e. The van der Waals surface area contributed by atoms with Gasteiger partial charge in [-0.1, -0.05) is 6.07 Å². The average Bonchev–Trinajstić information content (AvgIpc) is 2.27. The van der Waals surface area contributed by atoms with Crippen LogP contribution >= 0.6 is 0 Å². The normalized spacial score (nSPS) is 14.1. The van der Waals surface area contributed by atoms with E-state index in [1.165, 1.54) is 6.92 Å². The van der Waals surface area contributed by atoms with Gasteiger partial charge in [-0.15, -0.1) is 0 Å². The van der Waals surface area contributed by atoms with Crippen molar-refractivity contribution in [3.63, 3.8) is 0 Å². The van der Waals surface area contributed by atoms with Gasteiger partial charge in [0.25, 0.3) is 0 Å². The first-order valence-corrected chi connectivity index (χ1v) is 5.67. The van der Waals surface area contributed by atoms with Gasteiger partial charge in [0.2, 0.25) is 5.91 Å². The molecule has 90 valence electrons. The van der Waals surface area contributed by atoms with Crippen molar-refractivity contribution in [3.8, 4) is 5.75 Å². The zero-order chi connectivity index (χ0) is 12.4. The molecule has 1 amide bonds. The van der Waals surface area contributed by atoms with Gasteiger partial charge in [0.15, 0.2) is 0 Å². The monoisotopic (exact) mass is 233 g/mol. The van der Waals surface area contributed by atoms with Gasteiger partial charge in [-0.2, -0.15) is 0 Å². The van der Waals surface area contributed by atoms with Gasteiger partial charge in [-0.25, -0.2) is 0 Å². The molecule has 0 fully saturated rings. The molecule has 0 N–H and O–H groups in total. The van der Waals surface area contributed by atoms with E-state index in [0.29, 0.717) is 5.75 Å². The Balaban J connectivity index is 2.36. The van der Waals surface area contributed by atoms with Crippen molar-refractivity contribution in [1.29, 1.82) is 0 Å². The molecule has 0 bridgehead atoms. The second-order valence-electron chi connectivity index (χ2n) is 4.16. The van der Waals surface area contributed by atoms with Gasteiger partial charge >= 0.3 is 5.97 Å². The molecule has 0 radical (unpaired) electrons. The number of anilines is 1. The molecular weight excluding hydrogens is 218 g/mol. The maximum atomic E-state index is 11.5. The maximum Gasteiger partial charge on any atom is 0.308 e. The molecule has 1 aliphatic heterocycles. The first-order valence-electron chi connectivity index (χ1n) is 5.67. The predicted octanol–water partition coefficient (Wildman–Crippen LogP) is 1.91. The van der Waals surface area contributed by atoms with Gasteiger partial charge in [0.05, 0.1) is 5.69 Å². The van der Waals surface area contributed by atoms with Crippen molar-refractivity contribution in [2.75, 3.05) is 11.4 Å². The van der Waals surface area contributed by atoms with Gasteiger partial charge in [0.1, 0.15) is 5.75 Å². The highest BCUT2D eigenvalue weighted by Crippen LogP contribution is 2.31. The number of hydrogen-bond donors (Lipinski definition) is 0. The number of carbonyl (C=O) groups is 2. The maximum absolute atomic E-state index is 11.5. The fraction of sp³-hybridized carbons (Fsp3) is 0.385. The van der Waals surface area contributed by atoms with Crippen LogP contribution in [-0.2, 0) is 16.0 Å². The highest BCUT2D eigenvalue weighted by atomic mass is 16.5. The van der Waals surface area contributed by atoms with E-state index in [2.05, 4.69) is 0 Å². The Morgan fingerprint density at radius 2 is 2.06 bits per heavy atom. The van der Waals surface area contributed by atoms with Crippen LogP contribution in [0.2, 0.25) is 0 Å². The lowest BCUT2D eigenvalue weighted by Crippen LogP contribution is -2.33. The minimum atomic E-state index is -0.352. The van der Waals surface area contributed by atoms with Crippen molar-refractivity contribution in [2.45, 2.75) is 26.7 Å². The first-order chi connectivity index (χ1) is 8.08. The van der Waals surface area contributed by atoms with Crippen molar-refractivity contribution >= 4 is 17.6 Å². The predicted molar refractivity (Wildman–Crippen MR) is 64.1 cm³/mol. The molecule has 2 rings (SSSR count). The Hall–Kier alpha value is -1.84. The molecule has 1 aromatic carbocycles. The number of benzene rings is 1. The molecule has 1 aromatic rings. The first kappa shape index (κ1) is 11.6. The number of aryl methyl sites for hydroxylation is 1. The van der Waals surface area contributed by atoms with Crippen LogP contribution in [0, 0.1) is 0 Å². The minimum Gasteiger partial charge on any atom is -0.427 e. The third-order valence-corrected chi connectivity index (χ3v) is 2.82. The van der Waals surface area contributed by atoms with E-state index in [1.54, 1.807) is 24.0 Å². The molecule has 1 aliphatic rings. The third-order valence-electron chi connectivity index (χ3n) is 2.82. The Bertz CT molecular complexity index is 468. The van der Waals surface area contributed by atoms with E-state index in [0.717, 1.165) is 30.6 Å². The van der Waals surface area contributed by atoms with Gasteiger partial charge < -0.3 is 9.64 Å². The zero-order valence-electron chi connectivity index (χ0n) is 10.0. The summed E-state index contributed by atoms with van der Waals surface area (Å²) >= 11 is 0. The highest BCUT2D eigenvalue weighted by Gasteiger charge is 2.20. The molecule has 1 heterocycles. The molecule has 0 spiro atoms. The summed E-state index contributed by atoms with van der Waals surface area (Å²) in [5, 5.41) is 0. The summed E-state index contributed by atoms with van der Waals surface area (Å²) in [4.78, 5) is 24.1. The molecule has 0 saturated carbocycles. The summed E-state index contributed by atoms with van der Waals surface area (Å²) in [6, 6.07) is 5.45. The van der Waals surface area contributed by atoms with E-state index in [1.807, 2.05) is 6.07 Å². The Labute approximate surface area is 100 Å². The van der Waals surface area contributed by atoms with Crippen LogP contribution in [0.15, 0.2) is 18.2 Å². The van der Waals surface area contributed by atoms with Gasteiger partial charge in [-0.3, -0.25) is 9.59 Å². The van der Waals surface area contributed by atoms with Crippen LogP contribution in [0.3, 0.4) is 0 Å². The van der Waals surface area contributed by atoms with Crippen LogP contribution in [-0.4, -0.2) is 18.4 Å². The number of rotatable bonds is 1. The SMILES string of the molecule is CC(=O)Oc1ccc2c(c1)N(C(C)=O)CCC2. The minimum absolute atomic E-state index is 0.0194. The summed E-state index contributed by atoms with van der Waals surface area (Å²) in [6.07, 6.45) is 1.93. The number of nitrogens with zero attached hydrogens (tertiary/aromatic N) is 1. The number of esters is 1. The van der Waals surface area contributed by atoms with Crippen LogP contribution in [0.1, 0.15) is 25.8 Å². The summed E-state index contributed by atoms with van der Waals surface area (Å²) in [7, 11) is 0. The number of carbonyl (C=O) groups excluding carboxylic acids is 2. The number of amides is 1.